The third kappa shape index (κ3) is 5.24. The smallest absolute Gasteiger partial charge is 0.267 e. The van der Waals surface area contributed by atoms with Gasteiger partial charge >= 0.3 is 0 Å². The quantitative estimate of drug-likeness (QED) is 0.655. The van der Waals surface area contributed by atoms with Gasteiger partial charge in [0, 0.05) is 11.4 Å². The molecule has 0 unspecified atom stereocenters. The van der Waals surface area contributed by atoms with Crippen molar-refractivity contribution >= 4 is 28.4 Å². The highest BCUT2D eigenvalue weighted by atomic mass is 35.5. The summed E-state index contributed by atoms with van der Waals surface area (Å²) < 4.78 is 0. The van der Waals surface area contributed by atoms with Crippen molar-refractivity contribution in [2.75, 3.05) is 0 Å². The van der Waals surface area contributed by atoms with Gasteiger partial charge in [-0.2, -0.15) is 0 Å². The van der Waals surface area contributed by atoms with E-state index in [1.54, 1.807) is 0 Å². The van der Waals surface area contributed by atoms with Crippen molar-refractivity contribution in [3.05, 3.63) is 35.0 Å². The van der Waals surface area contributed by atoms with Crippen molar-refractivity contribution in [1.29, 1.82) is 0 Å². The van der Waals surface area contributed by atoms with E-state index in [1.165, 1.54) is 57.8 Å². The molecule has 1 heterocycles. The Morgan fingerprint density at radius 1 is 0.960 bits per heavy atom. The van der Waals surface area contributed by atoms with Crippen molar-refractivity contribution in [2.24, 2.45) is 0 Å². The van der Waals surface area contributed by atoms with Gasteiger partial charge in [0.2, 0.25) is 0 Å². The fourth-order valence-corrected chi connectivity index (χ4v) is 4.04. The van der Waals surface area contributed by atoms with Gasteiger partial charge in [0.15, 0.2) is 0 Å². The number of aromatic amines is 1. The van der Waals surface area contributed by atoms with Gasteiger partial charge < -0.3 is 10.3 Å². The monoisotopic (exact) mass is 360 g/mol. The number of carbonyl (C=O) groups excluding carboxylic acids is 1. The molecule has 1 aliphatic rings. The normalized spacial score (nSPS) is 18.4. The zero-order valence-corrected chi connectivity index (χ0v) is 15.7. The predicted molar refractivity (Wildman–Crippen MR) is 105 cm³/mol. The third-order valence-electron chi connectivity index (χ3n) is 5.29. The number of carbonyl (C=O) groups is 1. The standard InChI is InChI=1S/C21H29ClN2O/c22-18-14-10-11-16-15-19(24-20(16)18)21(25)23-17-12-8-6-4-2-1-3-5-7-9-13-17/h10-11,14-15,17,24H,1-9,12-13H2,(H,23,25). The number of benzene rings is 1. The first-order valence-electron chi connectivity index (χ1n) is 9.82. The van der Waals surface area contributed by atoms with Crippen molar-refractivity contribution in [2.45, 2.75) is 76.7 Å². The summed E-state index contributed by atoms with van der Waals surface area (Å²) in [6.07, 6.45) is 14.0. The number of para-hydroxylation sites is 1. The molecule has 0 radical (unpaired) electrons. The number of nitrogens with one attached hydrogen (secondary N) is 2. The molecule has 1 aromatic heterocycles. The summed E-state index contributed by atoms with van der Waals surface area (Å²) >= 11 is 6.21. The van der Waals surface area contributed by atoms with E-state index in [2.05, 4.69) is 10.3 Å². The number of aromatic nitrogens is 1. The second-order valence-electron chi connectivity index (χ2n) is 7.32. The Labute approximate surface area is 155 Å². The molecular formula is C21H29ClN2O. The minimum Gasteiger partial charge on any atom is -0.349 e. The molecule has 0 aliphatic heterocycles. The van der Waals surface area contributed by atoms with Gasteiger partial charge in [-0.25, -0.2) is 0 Å². The molecule has 3 nitrogen and oxygen atoms in total. The Hall–Kier alpha value is -1.48. The predicted octanol–water partition coefficient (Wildman–Crippen LogP) is 6.22. The van der Waals surface area contributed by atoms with Crippen LogP contribution in [-0.2, 0) is 0 Å². The highest BCUT2D eigenvalue weighted by Gasteiger charge is 2.16. The Bertz CT molecular complexity index is 682. The summed E-state index contributed by atoms with van der Waals surface area (Å²) in [5.41, 5.74) is 1.45. The fraction of sp³-hybridized carbons (Fsp3) is 0.571. The Morgan fingerprint density at radius 3 is 2.16 bits per heavy atom. The molecule has 25 heavy (non-hydrogen) atoms. The maximum absolute atomic E-state index is 12.7. The zero-order valence-electron chi connectivity index (χ0n) is 15.0. The summed E-state index contributed by atoms with van der Waals surface area (Å²) in [6, 6.07) is 7.91. The molecule has 0 spiro atoms. The first-order valence-corrected chi connectivity index (χ1v) is 10.2. The molecule has 2 N–H and O–H groups in total. The average molecular weight is 361 g/mol. The van der Waals surface area contributed by atoms with Crippen LogP contribution in [0.5, 0.6) is 0 Å². The van der Waals surface area contributed by atoms with Crippen molar-refractivity contribution < 1.29 is 4.79 Å². The van der Waals surface area contributed by atoms with Gasteiger partial charge in [0.05, 0.1) is 10.5 Å². The number of rotatable bonds is 2. The number of amides is 1. The van der Waals surface area contributed by atoms with Crippen LogP contribution in [0.3, 0.4) is 0 Å². The van der Waals surface area contributed by atoms with Crippen LogP contribution in [0, 0.1) is 0 Å². The number of halogens is 1. The second kappa shape index (κ2) is 9.28. The topological polar surface area (TPSA) is 44.9 Å². The molecule has 1 aromatic carbocycles. The van der Waals surface area contributed by atoms with Gasteiger partial charge in [-0.3, -0.25) is 4.79 Å². The van der Waals surface area contributed by atoms with Crippen LogP contribution >= 0.6 is 11.6 Å². The van der Waals surface area contributed by atoms with Gasteiger partial charge in [0.1, 0.15) is 5.69 Å². The molecule has 0 atom stereocenters. The van der Waals surface area contributed by atoms with E-state index in [9.17, 15) is 4.79 Å². The SMILES string of the molecule is O=C(NC1CCCCCCCCCCC1)c1cc2cccc(Cl)c2[nH]1. The average Bonchev–Trinajstić information content (AvgIpc) is 3.03. The van der Waals surface area contributed by atoms with Crippen LogP contribution in [0.1, 0.15) is 81.1 Å². The van der Waals surface area contributed by atoms with Crippen LogP contribution in [0.15, 0.2) is 24.3 Å². The fourth-order valence-electron chi connectivity index (χ4n) is 3.81. The minimum atomic E-state index is -0.00985. The molecule has 3 rings (SSSR count). The lowest BCUT2D eigenvalue weighted by atomic mass is 9.98. The van der Waals surface area contributed by atoms with E-state index in [-0.39, 0.29) is 11.9 Å². The van der Waals surface area contributed by atoms with E-state index < -0.39 is 0 Å². The third-order valence-corrected chi connectivity index (χ3v) is 5.61. The van der Waals surface area contributed by atoms with Crippen LogP contribution in [0.2, 0.25) is 5.02 Å². The number of fused-ring (bicyclic) bond motifs is 1. The maximum atomic E-state index is 12.7. The summed E-state index contributed by atoms with van der Waals surface area (Å²) in [6.45, 7) is 0. The van der Waals surface area contributed by atoms with Crippen LogP contribution in [-0.4, -0.2) is 16.9 Å². The molecule has 1 fully saturated rings. The highest BCUT2D eigenvalue weighted by Crippen LogP contribution is 2.24. The van der Waals surface area contributed by atoms with Gasteiger partial charge in [-0.1, -0.05) is 81.5 Å². The molecule has 1 aliphatic carbocycles. The summed E-state index contributed by atoms with van der Waals surface area (Å²) in [5.74, 6) is -0.00985. The Morgan fingerprint density at radius 2 is 1.56 bits per heavy atom. The molecule has 1 amide bonds. The molecule has 0 bridgehead atoms. The van der Waals surface area contributed by atoms with Gasteiger partial charge in [0.25, 0.3) is 5.91 Å². The lowest BCUT2D eigenvalue weighted by molar-refractivity contribution is 0.0927. The molecular weight excluding hydrogens is 332 g/mol. The molecule has 1 saturated carbocycles. The summed E-state index contributed by atoms with van der Waals surface area (Å²) in [7, 11) is 0. The van der Waals surface area contributed by atoms with Crippen molar-refractivity contribution in [3.8, 4) is 0 Å². The minimum absolute atomic E-state index is 0.00985. The van der Waals surface area contributed by atoms with E-state index in [4.69, 9.17) is 11.6 Å². The van der Waals surface area contributed by atoms with Gasteiger partial charge in [-0.15, -0.1) is 0 Å². The number of hydrogen-bond acceptors (Lipinski definition) is 1. The molecule has 0 saturated heterocycles. The lowest BCUT2D eigenvalue weighted by Crippen LogP contribution is -2.35. The summed E-state index contributed by atoms with van der Waals surface area (Å²) in [5, 5.41) is 4.89. The number of H-pyrrole nitrogens is 1. The maximum Gasteiger partial charge on any atom is 0.267 e. The lowest BCUT2D eigenvalue weighted by Gasteiger charge is -2.19. The van der Waals surface area contributed by atoms with Crippen LogP contribution in [0.25, 0.3) is 10.9 Å². The number of hydrogen-bond donors (Lipinski definition) is 2. The van der Waals surface area contributed by atoms with Crippen molar-refractivity contribution in [1.82, 2.24) is 10.3 Å². The van der Waals surface area contributed by atoms with Crippen LogP contribution < -0.4 is 5.32 Å². The second-order valence-corrected chi connectivity index (χ2v) is 7.72. The van der Waals surface area contributed by atoms with E-state index >= 15 is 0 Å². The van der Waals surface area contributed by atoms with Gasteiger partial charge in [-0.05, 0) is 25.0 Å². The Balaban J connectivity index is 1.62. The molecule has 136 valence electrons. The zero-order chi connectivity index (χ0) is 17.5. The van der Waals surface area contributed by atoms with E-state index in [0.717, 1.165) is 23.7 Å². The van der Waals surface area contributed by atoms with E-state index in [1.807, 2.05) is 24.3 Å². The molecule has 2 aromatic rings. The first-order chi connectivity index (χ1) is 12.2. The van der Waals surface area contributed by atoms with Crippen LogP contribution in [0.4, 0.5) is 0 Å². The summed E-state index contributed by atoms with van der Waals surface area (Å²) in [4.78, 5) is 15.9. The molecule has 4 heteroatoms. The Kier molecular flexibility index (Phi) is 6.80. The highest BCUT2D eigenvalue weighted by molar-refractivity contribution is 6.35. The van der Waals surface area contributed by atoms with Crippen molar-refractivity contribution in [3.63, 3.8) is 0 Å². The van der Waals surface area contributed by atoms with E-state index in [0.29, 0.717) is 10.7 Å². The first kappa shape index (κ1) is 18.3. The largest absolute Gasteiger partial charge is 0.349 e.